The van der Waals surface area contributed by atoms with E-state index >= 15 is 0 Å². The number of aliphatic hydroxyl groups is 1. The Morgan fingerprint density at radius 1 is 1.06 bits per heavy atom. The quantitative estimate of drug-likeness (QED) is 0.505. The molecule has 3 aliphatic carbocycles. The summed E-state index contributed by atoms with van der Waals surface area (Å²) in [6, 6.07) is 0. The summed E-state index contributed by atoms with van der Waals surface area (Å²) in [5.41, 5.74) is -1.52. The molecule has 0 saturated heterocycles. The lowest BCUT2D eigenvalue weighted by Crippen LogP contribution is -2.53. The summed E-state index contributed by atoms with van der Waals surface area (Å²) in [6.45, 7) is 9.20. The van der Waals surface area contributed by atoms with E-state index in [1.807, 2.05) is 0 Å². The molecule has 0 amide bonds. The van der Waals surface area contributed by atoms with Crippen molar-refractivity contribution in [2.45, 2.75) is 79.1 Å². The normalized spacial score (nSPS) is 36.2. The molecule has 0 aromatic heterocycles. The van der Waals surface area contributed by atoms with Crippen LogP contribution in [0.4, 0.5) is 0 Å². The van der Waals surface area contributed by atoms with Crippen LogP contribution in [0.3, 0.4) is 0 Å². The number of hydrogen-bond donors (Lipinski definition) is 1. The third-order valence-corrected chi connectivity index (χ3v) is 7.27. The van der Waals surface area contributed by atoms with Gasteiger partial charge in [0.05, 0.1) is 11.5 Å². The summed E-state index contributed by atoms with van der Waals surface area (Å²) >= 11 is 0. The van der Waals surface area contributed by atoms with E-state index in [9.17, 15) is 29.1 Å². The van der Waals surface area contributed by atoms with Crippen LogP contribution in [0.5, 0.6) is 0 Å². The molecule has 3 rings (SSSR count). The van der Waals surface area contributed by atoms with Crippen molar-refractivity contribution in [3.63, 3.8) is 0 Å². The maximum Gasteiger partial charge on any atom is 0.303 e. The van der Waals surface area contributed by atoms with Gasteiger partial charge in [-0.2, -0.15) is 0 Å². The van der Waals surface area contributed by atoms with Crippen LogP contribution in [-0.4, -0.2) is 52.7 Å². The van der Waals surface area contributed by atoms with Gasteiger partial charge in [-0.05, 0) is 43.9 Å². The van der Waals surface area contributed by atoms with Crippen molar-refractivity contribution in [3.8, 4) is 0 Å². The van der Waals surface area contributed by atoms with Crippen LogP contribution < -0.4 is 0 Å². The second kappa shape index (κ2) is 8.06. The first-order valence-corrected chi connectivity index (χ1v) is 10.8. The molecular weight excluding hydrogens is 416 g/mol. The average molecular weight is 446 g/mol. The maximum absolute atomic E-state index is 13.6. The topological polar surface area (TPSA) is 124 Å². The molecule has 5 atom stereocenters. The van der Waals surface area contributed by atoms with Crippen molar-refractivity contribution >= 4 is 29.3 Å². The number of Topliss-reactive ketones (excluding diaryl/α,β-unsaturated/α-hetero) is 3. The van der Waals surface area contributed by atoms with Crippen molar-refractivity contribution in [1.29, 1.82) is 0 Å². The first-order valence-electron chi connectivity index (χ1n) is 10.8. The number of ether oxygens (including phenoxy) is 2. The van der Waals surface area contributed by atoms with Gasteiger partial charge in [0, 0.05) is 37.2 Å². The lowest BCUT2D eigenvalue weighted by molar-refractivity contribution is -0.155. The highest BCUT2D eigenvalue weighted by atomic mass is 16.5. The van der Waals surface area contributed by atoms with Gasteiger partial charge in [0.1, 0.15) is 12.2 Å². The molecule has 0 unspecified atom stereocenters. The van der Waals surface area contributed by atoms with E-state index in [1.165, 1.54) is 20.8 Å². The molecule has 1 N–H and O–H groups in total. The highest BCUT2D eigenvalue weighted by molar-refractivity contribution is 6.46. The highest BCUT2D eigenvalue weighted by Crippen LogP contribution is 2.51. The monoisotopic (exact) mass is 446 g/mol. The molecular formula is C24H30O8. The molecule has 0 radical (unpaired) electrons. The zero-order valence-corrected chi connectivity index (χ0v) is 19.3. The fourth-order valence-electron chi connectivity index (χ4n) is 5.43. The number of carbonyl (C=O) groups excluding carboxylic acids is 5. The molecule has 3 aliphatic rings. The van der Waals surface area contributed by atoms with Gasteiger partial charge in [0.25, 0.3) is 0 Å². The first kappa shape index (κ1) is 24.0. The van der Waals surface area contributed by atoms with E-state index in [0.29, 0.717) is 5.57 Å². The Morgan fingerprint density at radius 2 is 1.66 bits per heavy atom. The van der Waals surface area contributed by atoms with E-state index in [2.05, 4.69) is 0 Å². The molecule has 0 aromatic carbocycles. The number of carbonyl (C=O) groups is 5. The van der Waals surface area contributed by atoms with Gasteiger partial charge in [-0.1, -0.05) is 13.8 Å². The zero-order chi connectivity index (χ0) is 24.2. The molecule has 8 nitrogen and oxygen atoms in total. The number of esters is 2. The van der Waals surface area contributed by atoms with Crippen molar-refractivity contribution in [2.75, 3.05) is 0 Å². The molecule has 174 valence electrons. The van der Waals surface area contributed by atoms with E-state index in [1.54, 1.807) is 26.8 Å². The van der Waals surface area contributed by atoms with Crippen LogP contribution >= 0.6 is 0 Å². The number of ketones is 3. The van der Waals surface area contributed by atoms with Crippen LogP contribution in [0.1, 0.15) is 60.8 Å². The van der Waals surface area contributed by atoms with Crippen molar-refractivity contribution in [2.24, 2.45) is 16.7 Å². The summed E-state index contributed by atoms with van der Waals surface area (Å²) in [7, 11) is 0. The van der Waals surface area contributed by atoms with Gasteiger partial charge in [0.15, 0.2) is 5.78 Å². The Kier molecular flexibility index (Phi) is 6.06. The molecule has 0 heterocycles. The van der Waals surface area contributed by atoms with Gasteiger partial charge in [-0.25, -0.2) is 0 Å². The molecule has 8 heteroatoms. The number of aliphatic hydroxyl groups excluding tert-OH is 1. The minimum atomic E-state index is -1.50. The third-order valence-electron chi connectivity index (χ3n) is 7.27. The fourth-order valence-corrected chi connectivity index (χ4v) is 5.43. The Morgan fingerprint density at radius 3 is 2.22 bits per heavy atom. The van der Waals surface area contributed by atoms with Gasteiger partial charge in [-0.15, -0.1) is 0 Å². The molecule has 0 spiro atoms. The fraction of sp³-hybridized carbons (Fsp3) is 0.625. The van der Waals surface area contributed by atoms with Gasteiger partial charge in [0.2, 0.25) is 11.6 Å². The second-order valence-corrected chi connectivity index (χ2v) is 9.88. The number of allylic oxidation sites excluding steroid dienone is 2. The summed E-state index contributed by atoms with van der Waals surface area (Å²) in [4.78, 5) is 63.5. The molecule has 0 aliphatic heterocycles. The van der Waals surface area contributed by atoms with Crippen LogP contribution in [-0.2, 0) is 33.4 Å². The van der Waals surface area contributed by atoms with E-state index < -0.39 is 58.6 Å². The van der Waals surface area contributed by atoms with Crippen molar-refractivity contribution < 1.29 is 38.6 Å². The number of fused-ring (bicyclic) bond motifs is 4. The standard InChI is InChI=1S/C24H30O8/c1-11-17(31-12(2)25)8-15-18(32-13(3)26)7-14-10-24(6,19(28)9-16(14)27)22(30)21(29)20(11)23(15,4)5/h7,15,17-19,28H,8-10H2,1-6H3/b14-7+/t15-,17-,18+,19-,24-/m0/s1. The Balaban J connectivity index is 2.32. The Hall–Kier alpha value is -2.61. The zero-order valence-electron chi connectivity index (χ0n) is 19.3. The van der Waals surface area contributed by atoms with E-state index in [0.717, 1.165) is 0 Å². The van der Waals surface area contributed by atoms with Gasteiger partial charge >= 0.3 is 11.9 Å². The SMILES string of the molecule is CC(=O)O[C@H]1C[C@H]2[C@H](OC(C)=O)/C=C3\C[C@](C)(C(=O)C(=O)C(=C1C)C2(C)C)[C@@H](O)CC3=O. The number of hydrogen-bond acceptors (Lipinski definition) is 8. The maximum atomic E-state index is 13.6. The lowest BCUT2D eigenvalue weighted by Gasteiger charge is -2.48. The summed E-state index contributed by atoms with van der Waals surface area (Å²) in [5, 5.41) is 10.6. The van der Waals surface area contributed by atoms with Gasteiger partial charge in [-0.3, -0.25) is 24.0 Å². The second-order valence-electron chi connectivity index (χ2n) is 9.88. The van der Waals surface area contributed by atoms with Crippen LogP contribution in [0, 0.1) is 16.7 Å². The largest absolute Gasteiger partial charge is 0.458 e. The smallest absolute Gasteiger partial charge is 0.303 e. The van der Waals surface area contributed by atoms with Crippen LogP contribution in [0.25, 0.3) is 0 Å². The molecule has 0 aromatic rings. The van der Waals surface area contributed by atoms with Crippen molar-refractivity contribution in [3.05, 3.63) is 22.8 Å². The van der Waals surface area contributed by atoms with Gasteiger partial charge < -0.3 is 14.6 Å². The van der Waals surface area contributed by atoms with E-state index in [4.69, 9.17) is 9.47 Å². The summed E-state index contributed by atoms with van der Waals surface area (Å²) in [6.07, 6.45) is -1.61. The predicted octanol–water partition coefficient (Wildman–Crippen LogP) is 2.02. The van der Waals surface area contributed by atoms with Crippen LogP contribution in [0.2, 0.25) is 0 Å². The van der Waals surface area contributed by atoms with Crippen LogP contribution in [0.15, 0.2) is 22.8 Å². The molecule has 32 heavy (non-hydrogen) atoms. The van der Waals surface area contributed by atoms with E-state index in [-0.39, 0.29) is 36.2 Å². The summed E-state index contributed by atoms with van der Waals surface area (Å²) in [5.74, 6) is -3.56. The highest BCUT2D eigenvalue weighted by Gasteiger charge is 2.55. The minimum Gasteiger partial charge on any atom is -0.458 e. The third kappa shape index (κ3) is 3.85. The summed E-state index contributed by atoms with van der Waals surface area (Å²) < 4.78 is 11.1. The average Bonchev–Trinajstić information content (AvgIpc) is 2.65. The Bertz CT molecular complexity index is 968. The molecule has 1 saturated carbocycles. The molecule has 4 bridgehead atoms. The predicted molar refractivity (Wildman–Crippen MR) is 112 cm³/mol. The lowest BCUT2D eigenvalue weighted by atomic mass is 9.57. The number of rotatable bonds is 2. The minimum absolute atomic E-state index is 0.123. The Labute approximate surface area is 187 Å². The first-order chi connectivity index (χ1) is 14.7. The van der Waals surface area contributed by atoms with Crippen molar-refractivity contribution in [1.82, 2.24) is 0 Å². The molecule has 1 fully saturated rings.